The van der Waals surface area contributed by atoms with E-state index in [4.69, 9.17) is 21.1 Å². The van der Waals surface area contributed by atoms with E-state index < -0.39 is 0 Å². The summed E-state index contributed by atoms with van der Waals surface area (Å²) in [6, 6.07) is 13.1. The number of amides is 1. The molecule has 4 nitrogen and oxygen atoms in total. The van der Waals surface area contributed by atoms with Crippen molar-refractivity contribution >= 4 is 17.5 Å². The lowest BCUT2D eigenvalue weighted by Crippen LogP contribution is -2.27. The molecule has 0 radical (unpaired) electrons. The monoisotopic (exact) mass is 317 g/mol. The average molecular weight is 318 g/mol. The normalized spacial score (nSPS) is 12.3. The molecule has 0 fully saturated rings. The molecule has 0 spiro atoms. The van der Waals surface area contributed by atoms with E-state index in [0.717, 1.165) is 22.6 Å². The summed E-state index contributed by atoms with van der Waals surface area (Å²) in [5, 5.41) is 0.618. The average Bonchev–Trinajstić information content (AvgIpc) is 2.97. The molecule has 0 N–H and O–H groups in total. The molecule has 0 aliphatic carbocycles. The van der Waals surface area contributed by atoms with Crippen LogP contribution in [0, 0.1) is 0 Å². The van der Waals surface area contributed by atoms with Crippen LogP contribution in [0.5, 0.6) is 11.5 Å². The lowest BCUT2D eigenvalue weighted by molar-refractivity contribution is -0.129. The van der Waals surface area contributed by atoms with Gasteiger partial charge in [0.2, 0.25) is 12.7 Å². The first-order valence-corrected chi connectivity index (χ1v) is 7.37. The van der Waals surface area contributed by atoms with Crippen LogP contribution in [-0.2, 0) is 17.8 Å². The Morgan fingerprint density at radius 3 is 2.77 bits per heavy atom. The summed E-state index contributed by atoms with van der Waals surface area (Å²) < 4.78 is 10.6. The Kier molecular flexibility index (Phi) is 4.20. The molecular weight excluding hydrogens is 302 g/mol. The van der Waals surface area contributed by atoms with E-state index in [9.17, 15) is 4.79 Å². The molecule has 0 bridgehead atoms. The standard InChI is InChI=1S/C17H16ClNO3/c1-19(17(20)9-13-4-2-3-5-14(13)18)10-12-6-7-15-16(8-12)22-11-21-15/h2-8H,9-11H2,1H3. The third-order valence-corrected chi connectivity index (χ3v) is 3.95. The zero-order valence-corrected chi connectivity index (χ0v) is 13.0. The third kappa shape index (κ3) is 3.17. The summed E-state index contributed by atoms with van der Waals surface area (Å²) in [5.74, 6) is 1.49. The molecule has 0 atom stereocenters. The maximum absolute atomic E-state index is 12.3. The van der Waals surface area contributed by atoms with Crippen molar-refractivity contribution in [1.29, 1.82) is 0 Å². The minimum absolute atomic E-state index is 0.0192. The summed E-state index contributed by atoms with van der Waals surface area (Å²) in [4.78, 5) is 14.0. The second-order valence-electron chi connectivity index (χ2n) is 5.21. The van der Waals surface area contributed by atoms with E-state index in [-0.39, 0.29) is 12.7 Å². The molecule has 3 rings (SSSR count). The number of carbonyl (C=O) groups is 1. The van der Waals surface area contributed by atoms with Crippen molar-refractivity contribution in [1.82, 2.24) is 4.90 Å². The van der Waals surface area contributed by atoms with Gasteiger partial charge in [-0.05, 0) is 29.3 Å². The van der Waals surface area contributed by atoms with Crippen molar-refractivity contribution in [3.63, 3.8) is 0 Å². The Hall–Kier alpha value is -2.20. The van der Waals surface area contributed by atoms with Crippen LogP contribution in [0.2, 0.25) is 5.02 Å². The van der Waals surface area contributed by atoms with Gasteiger partial charge in [-0.15, -0.1) is 0 Å². The number of benzene rings is 2. The molecule has 22 heavy (non-hydrogen) atoms. The molecule has 1 aliphatic heterocycles. The van der Waals surface area contributed by atoms with Gasteiger partial charge in [-0.2, -0.15) is 0 Å². The van der Waals surface area contributed by atoms with Gasteiger partial charge in [0.1, 0.15) is 0 Å². The molecule has 1 amide bonds. The van der Waals surface area contributed by atoms with E-state index in [1.165, 1.54) is 0 Å². The minimum Gasteiger partial charge on any atom is -0.454 e. The van der Waals surface area contributed by atoms with Crippen molar-refractivity contribution in [2.75, 3.05) is 13.8 Å². The van der Waals surface area contributed by atoms with Gasteiger partial charge in [-0.1, -0.05) is 35.9 Å². The first-order chi connectivity index (χ1) is 10.6. The number of rotatable bonds is 4. The molecule has 5 heteroatoms. The molecule has 1 aliphatic rings. The van der Waals surface area contributed by atoms with Crippen molar-refractivity contribution < 1.29 is 14.3 Å². The maximum Gasteiger partial charge on any atom is 0.231 e. The quantitative estimate of drug-likeness (QED) is 0.868. The van der Waals surface area contributed by atoms with E-state index in [1.54, 1.807) is 18.0 Å². The highest BCUT2D eigenvalue weighted by atomic mass is 35.5. The molecule has 0 aromatic heterocycles. The van der Waals surface area contributed by atoms with Gasteiger partial charge >= 0.3 is 0 Å². The van der Waals surface area contributed by atoms with Crippen molar-refractivity contribution in [2.45, 2.75) is 13.0 Å². The summed E-state index contributed by atoms with van der Waals surface area (Å²) in [6.45, 7) is 0.764. The first-order valence-electron chi connectivity index (χ1n) is 6.99. The van der Waals surface area contributed by atoms with E-state index >= 15 is 0 Å². The predicted molar refractivity (Wildman–Crippen MR) is 84.2 cm³/mol. The van der Waals surface area contributed by atoms with Crippen LogP contribution < -0.4 is 9.47 Å². The molecule has 114 valence electrons. The van der Waals surface area contributed by atoms with Gasteiger partial charge in [0.05, 0.1) is 6.42 Å². The second-order valence-corrected chi connectivity index (χ2v) is 5.61. The Morgan fingerprint density at radius 1 is 1.18 bits per heavy atom. The van der Waals surface area contributed by atoms with Crippen molar-refractivity contribution in [3.8, 4) is 11.5 Å². The highest BCUT2D eigenvalue weighted by Crippen LogP contribution is 2.32. The largest absolute Gasteiger partial charge is 0.454 e. The number of likely N-dealkylation sites (N-methyl/N-ethyl adjacent to an activating group) is 1. The molecule has 0 unspecified atom stereocenters. The zero-order chi connectivity index (χ0) is 15.5. The van der Waals surface area contributed by atoms with Gasteiger partial charge in [-0.25, -0.2) is 0 Å². The fourth-order valence-electron chi connectivity index (χ4n) is 2.34. The smallest absolute Gasteiger partial charge is 0.231 e. The lowest BCUT2D eigenvalue weighted by Gasteiger charge is -2.18. The van der Waals surface area contributed by atoms with Crippen LogP contribution in [0.15, 0.2) is 42.5 Å². The fourth-order valence-corrected chi connectivity index (χ4v) is 2.54. The number of carbonyl (C=O) groups excluding carboxylic acids is 1. The Labute approximate surface area is 134 Å². The molecule has 0 saturated heterocycles. The van der Waals surface area contributed by atoms with Gasteiger partial charge in [0, 0.05) is 18.6 Å². The van der Waals surface area contributed by atoms with Crippen LogP contribution in [0.1, 0.15) is 11.1 Å². The van der Waals surface area contributed by atoms with Crippen LogP contribution >= 0.6 is 11.6 Å². The minimum atomic E-state index is 0.0192. The Balaban J connectivity index is 1.65. The number of ether oxygens (including phenoxy) is 2. The summed E-state index contributed by atoms with van der Waals surface area (Å²) in [7, 11) is 1.78. The predicted octanol–water partition coefficient (Wildman–Crippen LogP) is 3.27. The molecule has 2 aromatic carbocycles. The third-order valence-electron chi connectivity index (χ3n) is 3.58. The SMILES string of the molecule is CN(Cc1ccc2c(c1)OCO2)C(=O)Cc1ccccc1Cl. The van der Waals surface area contributed by atoms with Crippen LogP contribution in [0.3, 0.4) is 0 Å². The second kappa shape index (κ2) is 6.28. The Bertz CT molecular complexity index is 702. The molecular formula is C17H16ClNO3. The van der Waals surface area contributed by atoms with Crippen LogP contribution in [0.4, 0.5) is 0 Å². The fraction of sp³-hybridized carbons (Fsp3) is 0.235. The number of halogens is 1. The van der Waals surface area contributed by atoms with Crippen LogP contribution in [-0.4, -0.2) is 24.6 Å². The highest BCUT2D eigenvalue weighted by molar-refractivity contribution is 6.31. The topological polar surface area (TPSA) is 38.8 Å². The number of fused-ring (bicyclic) bond motifs is 1. The summed E-state index contributed by atoms with van der Waals surface area (Å²) in [6.07, 6.45) is 0.292. The van der Waals surface area contributed by atoms with Crippen molar-refractivity contribution in [3.05, 3.63) is 58.6 Å². The summed E-state index contributed by atoms with van der Waals surface area (Å²) in [5.41, 5.74) is 1.84. The van der Waals surface area contributed by atoms with Crippen molar-refractivity contribution in [2.24, 2.45) is 0 Å². The number of hydrogen-bond donors (Lipinski definition) is 0. The van der Waals surface area contributed by atoms with E-state index in [2.05, 4.69) is 0 Å². The van der Waals surface area contributed by atoms with E-state index in [0.29, 0.717) is 18.0 Å². The van der Waals surface area contributed by atoms with Gasteiger partial charge in [0.25, 0.3) is 0 Å². The number of hydrogen-bond acceptors (Lipinski definition) is 3. The highest BCUT2D eigenvalue weighted by Gasteiger charge is 2.16. The van der Waals surface area contributed by atoms with E-state index in [1.807, 2.05) is 36.4 Å². The number of nitrogens with zero attached hydrogens (tertiary/aromatic N) is 1. The summed E-state index contributed by atoms with van der Waals surface area (Å²) >= 11 is 6.10. The first kappa shape index (κ1) is 14.7. The zero-order valence-electron chi connectivity index (χ0n) is 12.2. The molecule has 2 aromatic rings. The molecule has 0 saturated carbocycles. The van der Waals surface area contributed by atoms with Gasteiger partial charge in [0.15, 0.2) is 11.5 Å². The molecule has 1 heterocycles. The maximum atomic E-state index is 12.3. The van der Waals surface area contributed by atoms with Gasteiger partial charge < -0.3 is 14.4 Å². The lowest BCUT2D eigenvalue weighted by atomic mass is 10.1. The van der Waals surface area contributed by atoms with Gasteiger partial charge in [-0.3, -0.25) is 4.79 Å². The Morgan fingerprint density at radius 2 is 1.95 bits per heavy atom. The van der Waals surface area contributed by atoms with Crippen LogP contribution in [0.25, 0.3) is 0 Å².